The highest BCUT2D eigenvalue weighted by Crippen LogP contribution is 2.26. The van der Waals surface area contributed by atoms with E-state index in [1.807, 2.05) is 0 Å². The molecule has 2 aromatic heterocycles. The molecule has 1 saturated carbocycles. The fraction of sp³-hybridized carbons (Fsp3) is 0.417. The van der Waals surface area contributed by atoms with Gasteiger partial charge >= 0.3 is 0 Å². The van der Waals surface area contributed by atoms with Crippen molar-refractivity contribution in [2.45, 2.75) is 58.7 Å². The van der Waals surface area contributed by atoms with Crippen LogP contribution in [-0.2, 0) is 17.9 Å². The molecular formula is C24H27ClFN7O2. The van der Waals surface area contributed by atoms with E-state index in [2.05, 4.69) is 31.0 Å². The number of pyridine rings is 1. The highest BCUT2D eigenvalue weighted by molar-refractivity contribution is 6.30. The van der Waals surface area contributed by atoms with Crippen LogP contribution in [0.4, 0.5) is 4.39 Å². The highest BCUT2D eigenvalue weighted by atomic mass is 35.5. The number of amides is 2. The number of benzene rings is 1. The number of tetrazole rings is 1. The minimum Gasteiger partial charge on any atom is -0.354 e. The van der Waals surface area contributed by atoms with Crippen LogP contribution in [-0.4, -0.2) is 43.0 Å². The maximum atomic E-state index is 13.3. The summed E-state index contributed by atoms with van der Waals surface area (Å²) in [5.74, 6) is -0.0374. The molecule has 2 amide bonds. The zero-order chi connectivity index (χ0) is 24.9. The molecule has 3 aromatic rings. The first kappa shape index (κ1) is 24.7. The Balaban J connectivity index is 1.38. The Morgan fingerprint density at radius 2 is 1.94 bits per heavy atom. The number of carbonyl (C=O) groups excluding carboxylic acids is 2. The Kier molecular flexibility index (Phi) is 7.70. The fourth-order valence-electron chi connectivity index (χ4n) is 4.28. The standard InChI is InChI=1S/C24H27ClFN7O2/c1-14-9-18(11-22(28-14)24(35)27-12-17-5-8-21(26)20(25)10-17)23-30-32-33(31-23)13-16-3-6-19(7-4-16)29-15(2)34/h5,8-11,16,19H,3-4,6-7,12-13H2,1-2H3,(H,27,35)(H,29,34)/t16-,19-. The van der Waals surface area contributed by atoms with Gasteiger partial charge in [0.2, 0.25) is 11.7 Å². The van der Waals surface area contributed by atoms with E-state index < -0.39 is 5.82 Å². The van der Waals surface area contributed by atoms with Gasteiger partial charge in [-0.2, -0.15) is 4.80 Å². The molecule has 0 spiro atoms. The molecule has 1 fully saturated rings. The quantitative estimate of drug-likeness (QED) is 0.514. The molecule has 11 heteroatoms. The third kappa shape index (κ3) is 6.60. The number of aromatic nitrogens is 5. The van der Waals surface area contributed by atoms with Gasteiger partial charge in [-0.3, -0.25) is 9.59 Å². The summed E-state index contributed by atoms with van der Waals surface area (Å²) < 4.78 is 13.3. The van der Waals surface area contributed by atoms with Crippen molar-refractivity contribution in [1.82, 2.24) is 35.8 Å². The van der Waals surface area contributed by atoms with E-state index in [1.54, 1.807) is 36.8 Å². The molecule has 9 nitrogen and oxygen atoms in total. The number of hydrogen-bond acceptors (Lipinski definition) is 6. The number of nitrogens with one attached hydrogen (secondary N) is 2. The van der Waals surface area contributed by atoms with Gasteiger partial charge < -0.3 is 10.6 Å². The lowest BCUT2D eigenvalue weighted by Gasteiger charge is -2.28. The minimum absolute atomic E-state index is 0.00245. The number of rotatable bonds is 7. The first-order chi connectivity index (χ1) is 16.8. The molecule has 1 aliphatic rings. The van der Waals surface area contributed by atoms with E-state index >= 15 is 0 Å². The monoisotopic (exact) mass is 499 g/mol. The van der Waals surface area contributed by atoms with Crippen molar-refractivity contribution in [2.75, 3.05) is 0 Å². The van der Waals surface area contributed by atoms with Crippen LogP contribution < -0.4 is 10.6 Å². The van der Waals surface area contributed by atoms with Crippen molar-refractivity contribution >= 4 is 23.4 Å². The number of hydrogen-bond donors (Lipinski definition) is 2. The van der Waals surface area contributed by atoms with E-state index in [0.717, 1.165) is 25.7 Å². The van der Waals surface area contributed by atoms with Crippen molar-refractivity contribution in [3.05, 3.63) is 58.1 Å². The molecule has 1 aromatic carbocycles. The number of nitrogens with zero attached hydrogens (tertiary/aromatic N) is 5. The third-order valence-electron chi connectivity index (χ3n) is 6.01. The van der Waals surface area contributed by atoms with Gasteiger partial charge in [0, 0.05) is 30.8 Å². The molecule has 2 heterocycles. The summed E-state index contributed by atoms with van der Waals surface area (Å²) in [4.78, 5) is 29.9. The average molecular weight is 500 g/mol. The predicted octanol–water partition coefficient (Wildman–Crippen LogP) is 3.46. The Hall–Kier alpha value is -3.40. The van der Waals surface area contributed by atoms with Gasteiger partial charge in [-0.1, -0.05) is 17.7 Å². The van der Waals surface area contributed by atoms with Crippen LogP contribution in [0.5, 0.6) is 0 Å². The predicted molar refractivity (Wildman–Crippen MR) is 128 cm³/mol. The lowest BCUT2D eigenvalue weighted by atomic mass is 9.86. The Morgan fingerprint density at radius 1 is 1.17 bits per heavy atom. The largest absolute Gasteiger partial charge is 0.354 e. The number of carbonyl (C=O) groups is 2. The van der Waals surface area contributed by atoms with E-state index in [1.165, 1.54) is 12.1 Å². The molecule has 0 aliphatic heterocycles. The molecule has 0 unspecified atom stereocenters. The summed E-state index contributed by atoms with van der Waals surface area (Å²) in [6, 6.07) is 7.96. The molecule has 35 heavy (non-hydrogen) atoms. The van der Waals surface area contributed by atoms with Crippen LogP contribution in [0.1, 0.15) is 54.4 Å². The lowest BCUT2D eigenvalue weighted by Crippen LogP contribution is -2.36. The third-order valence-corrected chi connectivity index (χ3v) is 6.30. The van der Waals surface area contributed by atoms with Crippen molar-refractivity contribution in [2.24, 2.45) is 5.92 Å². The van der Waals surface area contributed by atoms with E-state index in [0.29, 0.717) is 35.1 Å². The van der Waals surface area contributed by atoms with Gasteiger partial charge in [0.25, 0.3) is 5.91 Å². The lowest BCUT2D eigenvalue weighted by molar-refractivity contribution is -0.119. The smallest absolute Gasteiger partial charge is 0.270 e. The molecule has 0 bridgehead atoms. The summed E-state index contributed by atoms with van der Waals surface area (Å²) in [5, 5.41) is 18.6. The molecule has 0 atom stereocenters. The van der Waals surface area contributed by atoms with Gasteiger partial charge in [-0.25, -0.2) is 9.37 Å². The first-order valence-corrected chi connectivity index (χ1v) is 11.9. The zero-order valence-corrected chi connectivity index (χ0v) is 20.3. The van der Waals surface area contributed by atoms with Crippen LogP contribution in [0.25, 0.3) is 11.4 Å². The molecule has 184 valence electrons. The summed E-state index contributed by atoms with van der Waals surface area (Å²) in [5.41, 5.74) is 2.19. The second-order valence-corrected chi connectivity index (χ2v) is 9.31. The number of aryl methyl sites for hydroxylation is 1. The fourth-order valence-corrected chi connectivity index (χ4v) is 4.48. The van der Waals surface area contributed by atoms with E-state index in [4.69, 9.17) is 11.6 Å². The van der Waals surface area contributed by atoms with Crippen molar-refractivity contribution in [1.29, 1.82) is 0 Å². The minimum atomic E-state index is -0.509. The summed E-state index contributed by atoms with van der Waals surface area (Å²) in [6.07, 6.45) is 3.86. The molecule has 1 aliphatic carbocycles. The van der Waals surface area contributed by atoms with Gasteiger partial charge in [-0.05, 0) is 73.6 Å². The summed E-state index contributed by atoms with van der Waals surface area (Å²) in [6.45, 7) is 4.17. The second-order valence-electron chi connectivity index (χ2n) is 8.90. The Labute approximate surface area is 207 Å². The second kappa shape index (κ2) is 10.9. The SMILES string of the molecule is CC(=O)N[C@H]1CC[C@H](Cn2nnc(-c3cc(C)nc(C(=O)NCc4ccc(F)c(Cl)c4)c3)n2)CC1. The summed E-state index contributed by atoms with van der Waals surface area (Å²) in [7, 11) is 0. The van der Waals surface area contributed by atoms with Crippen LogP contribution in [0.2, 0.25) is 5.02 Å². The molecule has 2 N–H and O–H groups in total. The van der Waals surface area contributed by atoms with Gasteiger partial charge in [0.15, 0.2) is 0 Å². The maximum absolute atomic E-state index is 13.3. The van der Waals surface area contributed by atoms with Crippen molar-refractivity contribution < 1.29 is 14.0 Å². The summed E-state index contributed by atoms with van der Waals surface area (Å²) >= 11 is 5.81. The molecular weight excluding hydrogens is 473 g/mol. The highest BCUT2D eigenvalue weighted by Gasteiger charge is 2.23. The topological polar surface area (TPSA) is 115 Å². The van der Waals surface area contributed by atoms with E-state index in [9.17, 15) is 14.0 Å². The van der Waals surface area contributed by atoms with Gasteiger partial charge in [0.1, 0.15) is 11.5 Å². The van der Waals surface area contributed by atoms with Crippen LogP contribution in [0.15, 0.2) is 30.3 Å². The zero-order valence-electron chi connectivity index (χ0n) is 19.6. The first-order valence-electron chi connectivity index (χ1n) is 11.5. The number of halogens is 2. The van der Waals surface area contributed by atoms with Crippen molar-refractivity contribution in [3.8, 4) is 11.4 Å². The average Bonchev–Trinajstić information content (AvgIpc) is 3.29. The van der Waals surface area contributed by atoms with E-state index in [-0.39, 0.29) is 35.1 Å². The maximum Gasteiger partial charge on any atom is 0.270 e. The molecule has 0 radical (unpaired) electrons. The van der Waals surface area contributed by atoms with Gasteiger partial charge in [-0.15, -0.1) is 10.2 Å². The Morgan fingerprint density at radius 3 is 2.66 bits per heavy atom. The van der Waals surface area contributed by atoms with Crippen LogP contribution >= 0.6 is 11.6 Å². The van der Waals surface area contributed by atoms with Crippen LogP contribution in [0.3, 0.4) is 0 Å². The molecule has 0 saturated heterocycles. The van der Waals surface area contributed by atoms with Crippen molar-refractivity contribution in [3.63, 3.8) is 0 Å². The molecule has 4 rings (SSSR count). The van der Waals surface area contributed by atoms with Crippen LogP contribution in [0, 0.1) is 18.7 Å². The van der Waals surface area contributed by atoms with Gasteiger partial charge in [0.05, 0.1) is 11.6 Å². The Bertz CT molecular complexity index is 1220. The normalized spacial score (nSPS) is 17.7.